The molecule has 0 atom stereocenters. The second-order valence-electron chi connectivity index (χ2n) is 8.18. The minimum Gasteiger partial charge on any atom is -0.379 e. The summed E-state index contributed by atoms with van der Waals surface area (Å²) in [4.78, 5) is 2.49. The first kappa shape index (κ1) is 16.0. The standard InChI is InChI=1S/C18H31N3O/c1-13(2)17-16(18(3,4)5)15(19-21(17)14-6-7-14)12-20-8-10-22-11-9-20/h13-14H,6-12H2,1-5H3. The Morgan fingerprint density at radius 1 is 1.18 bits per heavy atom. The number of aromatic nitrogens is 2. The molecule has 0 N–H and O–H groups in total. The van der Waals surface area contributed by atoms with E-state index < -0.39 is 0 Å². The number of nitrogens with zero attached hydrogens (tertiary/aromatic N) is 3. The van der Waals surface area contributed by atoms with Crippen molar-refractivity contribution >= 4 is 0 Å². The summed E-state index contributed by atoms with van der Waals surface area (Å²) in [5, 5.41) is 5.09. The molecule has 2 heterocycles. The summed E-state index contributed by atoms with van der Waals surface area (Å²) in [6.07, 6.45) is 2.59. The van der Waals surface area contributed by atoms with Crippen molar-refractivity contribution in [2.75, 3.05) is 26.3 Å². The third-order valence-corrected chi connectivity index (χ3v) is 4.69. The van der Waals surface area contributed by atoms with Crippen molar-refractivity contribution in [1.29, 1.82) is 0 Å². The normalized spacial score (nSPS) is 20.8. The molecule has 0 unspecified atom stereocenters. The largest absolute Gasteiger partial charge is 0.379 e. The molecule has 0 bridgehead atoms. The molecular formula is C18H31N3O. The summed E-state index contributed by atoms with van der Waals surface area (Å²) in [7, 11) is 0. The van der Waals surface area contributed by atoms with Gasteiger partial charge in [0, 0.05) is 30.9 Å². The van der Waals surface area contributed by atoms with E-state index in [1.165, 1.54) is 29.8 Å². The molecule has 4 heteroatoms. The Morgan fingerprint density at radius 3 is 2.32 bits per heavy atom. The number of ether oxygens (including phenoxy) is 1. The lowest BCUT2D eigenvalue weighted by molar-refractivity contribution is 0.0333. The van der Waals surface area contributed by atoms with Crippen LogP contribution in [0.2, 0.25) is 0 Å². The van der Waals surface area contributed by atoms with Gasteiger partial charge in [-0.1, -0.05) is 34.6 Å². The van der Waals surface area contributed by atoms with E-state index in [0.29, 0.717) is 12.0 Å². The van der Waals surface area contributed by atoms with Gasteiger partial charge in [-0.15, -0.1) is 0 Å². The van der Waals surface area contributed by atoms with Gasteiger partial charge < -0.3 is 4.74 Å². The van der Waals surface area contributed by atoms with Crippen molar-refractivity contribution < 1.29 is 4.74 Å². The maximum absolute atomic E-state index is 5.48. The van der Waals surface area contributed by atoms with E-state index in [1.54, 1.807) is 0 Å². The van der Waals surface area contributed by atoms with Crippen LogP contribution in [0.25, 0.3) is 0 Å². The predicted octanol–water partition coefficient (Wildman–Crippen LogP) is 3.47. The van der Waals surface area contributed by atoms with Crippen LogP contribution >= 0.6 is 0 Å². The molecule has 2 fully saturated rings. The third-order valence-electron chi connectivity index (χ3n) is 4.69. The Hall–Kier alpha value is -0.870. The van der Waals surface area contributed by atoms with Crippen molar-refractivity contribution in [1.82, 2.24) is 14.7 Å². The molecule has 1 aliphatic heterocycles. The summed E-state index contributed by atoms with van der Waals surface area (Å²) >= 11 is 0. The fourth-order valence-corrected chi connectivity index (χ4v) is 3.55. The molecule has 0 radical (unpaired) electrons. The van der Waals surface area contributed by atoms with Crippen LogP contribution in [0.3, 0.4) is 0 Å². The molecule has 22 heavy (non-hydrogen) atoms. The molecule has 0 aromatic carbocycles. The highest BCUT2D eigenvalue weighted by Crippen LogP contribution is 2.42. The Balaban J connectivity index is 1.98. The summed E-state index contributed by atoms with van der Waals surface area (Å²) in [5.41, 5.74) is 4.40. The molecule has 0 amide bonds. The van der Waals surface area contributed by atoms with Crippen LogP contribution in [0.4, 0.5) is 0 Å². The second kappa shape index (κ2) is 5.97. The van der Waals surface area contributed by atoms with Gasteiger partial charge in [-0.3, -0.25) is 9.58 Å². The highest BCUT2D eigenvalue weighted by atomic mass is 16.5. The summed E-state index contributed by atoms with van der Waals surface area (Å²) in [6.45, 7) is 16.3. The van der Waals surface area contributed by atoms with Gasteiger partial charge in [-0.2, -0.15) is 5.10 Å². The van der Waals surface area contributed by atoms with Gasteiger partial charge >= 0.3 is 0 Å². The van der Waals surface area contributed by atoms with Crippen LogP contribution in [-0.2, 0) is 16.7 Å². The molecule has 1 aromatic rings. The Labute approximate surface area is 134 Å². The van der Waals surface area contributed by atoms with Crippen molar-refractivity contribution in [3.8, 4) is 0 Å². The number of hydrogen-bond acceptors (Lipinski definition) is 3. The number of morpholine rings is 1. The molecule has 124 valence electrons. The van der Waals surface area contributed by atoms with E-state index in [-0.39, 0.29) is 5.41 Å². The quantitative estimate of drug-likeness (QED) is 0.853. The first-order valence-electron chi connectivity index (χ1n) is 8.79. The lowest BCUT2D eigenvalue weighted by atomic mass is 9.82. The highest BCUT2D eigenvalue weighted by Gasteiger charge is 2.35. The monoisotopic (exact) mass is 305 g/mol. The molecule has 1 aliphatic carbocycles. The third kappa shape index (κ3) is 3.23. The van der Waals surface area contributed by atoms with Gasteiger partial charge in [-0.05, 0) is 24.2 Å². The van der Waals surface area contributed by atoms with Gasteiger partial charge in [0.15, 0.2) is 0 Å². The zero-order valence-corrected chi connectivity index (χ0v) is 14.9. The predicted molar refractivity (Wildman–Crippen MR) is 89.4 cm³/mol. The van der Waals surface area contributed by atoms with E-state index in [4.69, 9.17) is 9.84 Å². The van der Waals surface area contributed by atoms with Crippen LogP contribution in [0.1, 0.15) is 76.4 Å². The Morgan fingerprint density at radius 2 is 1.82 bits per heavy atom. The maximum atomic E-state index is 5.48. The first-order valence-corrected chi connectivity index (χ1v) is 8.79. The average molecular weight is 305 g/mol. The van der Waals surface area contributed by atoms with Gasteiger partial charge in [0.25, 0.3) is 0 Å². The second-order valence-corrected chi connectivity index (χ2v) is 8.18. The molecule has 0 spiro atoms. The first-order chi connectivity index (χ1) is 10.4. The minimum absolute atomic E-state index is 0.147. The lowest BCUT2D eigenvalue weighted by Crippen LogP contribution is -2.36. The Bertz CT molecular complexity index is 517. The molecule has 3 rings (SSSR count). The molecular weight excluding hydrogens is 274 g/mol. The van der Waals surface area contributed by atoms with Gasteiger partial charge in [0.05, 0.1) is 24.9 Å². The minimum atomic E-state index is 0.147. The van der Waals surface area contributed by atoms with E-state index in [1.807, 2.05) is 0 Å². The van der Waals surface area contributed by atoms with Crippen molar-refractivity contribution in [3.63, 3.8) is 0 Å². The zero-order valence-electron chi connectivity index (χ0n) is 14.9. The van der Waals surface area contributed by atoms with Crippen LogP contribution < -0.4 is 0 Å². The summed E-state index contributed by atoms with van der Waals surface area (Å²) < 4.78 is 7.85. The molecule has 2 aliphatic rings. The van der Waals surface area contributed by atoms with Crippen LogP contribution in [0, 0.1) is 0 Å². The van der Waals surface area contributed by atoms with Crippen LogP contribution in [-0.4, -0.2) is 41.0 Å². The van der Waals surface area contributed by atoms with E-state index in [0.717, 1.165) is 32.8 Å². The number of rotatable bonds is 4. The average Bonchev–Trinajstić information content (AvgIpc) is 3.20. The van der Waals surface area contributed by atoms with Crippen LogP contribution in [0.5, 0.6) is 0 Å². The Kier molecular flexibility index (Phi) is 4.34. The lowest BCUT2D eigenvalue weighted by Gasteiger charge is -2.28. The van der Waals surface area contributed by atoms with Gasteiger partial charge in [-0.25, -0.2) is 0 Å². The maximum Gasteiger partial charge on any atom is 0.0805 e. The highest BCUT2D eigenvalue weighted by molar-refractivity contribution is 5.36. The van der Waals surface area contributed by atoms with Crippen LogP contribution in [0.15, 0.2) is 0 Å². The molecule has 1 aromatic heterocycles. The van der Waals surface area contributed by atoms with Crippen molar-refractivity contribution in [2.45, 2.75) is 71.4 Å². The molecule has 1 saturated carbocycles. The van der Waals surface area contributed by atoms with E-state index in [9.17, 15) is 0 Å². The summed E-state index contributed by atoms with van der Waals surface area (Å²) in [5.74, 6) is 0.528. The van der Waals surface area contributed by atoms with E-state index in [2.05, 4.69) is 44.2 Å². The topological polar surface area (TPSA) is 30.3 Å². The fraction of sp³-hybridized carbons (Fsp3) is 0.833. The van der Waals surface area contributed by atoms with Gasteiger partial charge in [0.1, 0.15) is 0 Å². The summed E-state index contributed by atoms with van der Waals surface area (Å²) in [6, 6.07) is 0.650. The van der Waals surface area contributed by atoms with Crippen molar-refractivity contribution in [2.24, 2.45) is 0 Å². The van der Waals surface area contributed by atoms with E-state index >= 15 is 0 Å². The SMILES string of the molecule is CC(C)c1c(C(C)(C)C)c(CN2CCOCC2)nn1C1CC1. The number of hydrogen-bond donors (Lipinski definition) is 0. The van der Waals surface area contributed by atoms with Gasteiger partial charge in [0.2, 0.25) is 0 Å². The zero-order chi connectivity index (χ0) is 15.9. The smallest absolute Gasteiger partial charge is 0.0805 e. The fourth-order valence-electron chi connectivity index (χ4n) is 3.55. The van der Waals surface area contributed by atoms with Crippen molar-refractivity contribution in [3.05, 3.63) is 17.0 Å². The molecule has 1 saturated heterocycles. The molecule has 4 nitrogen and oxygen atoms in total.